The third-order valence-electron chi connectivity index (χ3n) is 2.42. The van der Waals surface area contributed by atoms with Crippen molar-refractivity contribution in [1.29, 1.82) is 0 Å². The molecule has 5 nitrogen and oxygen atoms in total. The maximum absolute atomic E-state index is 13.6. The molecule has 0 aliphatic rings. The third kappa shape index (κ3) is 4.45. The van der Waals surface area contributed by atoms with Crippen LogP contribution in [0.5, 0.6) is 0 Å². The number of hydrogen-bond acceptors (Lipinski definition) is 4. The fraction of sp³-hybridized carbons (Fsp3) is 0.455. The highest BCUT2D eigenvalue weighted by atomic mass is 79.9. The summed E-state index contributed by atoms with van der Waals surface area (Å²) < 4.78 is 62.4. The molecule has 0 bridgehead atoms. The Morgan fingerprint density at radius 2 is 2.00 bits per heavy atom. The molecule has 0 spiro atoms. The molecular formula is C11H14BrF2NO4S. The molecule has 0 aliphatic carbocycles. The molecule has 0 amide bonds. The predicted octanol–water partition coefficient (Wildman–Crippen LogP) is 1.67. The Hall–Kier alpha value is -0.610. The Morgan fingerprint density at radius 3 is 2.50 bits per heavy atom. The topological polar surface area (TPSA) is 64.6 Å². The maximum atomic E-state index is 13.6. The first-order valence-corrected chi connectivity index (χ1v) is 7.75. The van der Waals surface area contributed by atoms with Gasteiger partial charge in [0.2, 0.25) is 10.0 Å². The Balaban J connectivity index is 2.95. The monoisotopic (exact) mass is 373 g/mol. The Kier molecular flexibility index (Phi) is 6.46. The standard InChI is InChI=1S/C11H14BrF2NO4S/c1-18-6-8(19-2)5-15-20(16,17)11-9(12)3-7(13)4-10(11)14/h3-4,8,15H,5-6H2,1-2H3. The van der Waals surface area contributed by atoms with E-state index in [0.29, 0.717) is 6.07 Å². The van der Waals surface area contributed by atoms with Crippen LogP contribution in [0.4, 0.5) is 8.78 Å². The van der Waals surface area contributed by atoms with E-state index in [-0.39, 0.29) is 17.6 Å². The molecule has 0 radical (unpaired) electrons. The van der Waals surface area contributed by atoms with Gasteiger partial charge in [-0.3, -0.25) is 0 Å². The van der Waals surface area contributed by atoms with Crippen LogP contribution in [-0.2, 0) is 19.5 Å². The smallest absolute Gasteiger partial charge is 0.244 e. The quantitative estimate of drug-likeness (QED) is 0.789. The SMILES string of the molecule is COCC(CNS(=O)(=O)c1c(F)cc(F)cc1Br)OC. The minimum atomic E-state index is -4.14. The summed E-state index contributed by atoms with van der Waals surface area (Å²) in [5.74, 6) is -2.05. The molecule has 1 aromatic carbocycles. The third-order valence-corrected chi connectivity index (χ3v) is 4.81. The van der Waals surface area contributed by atoms with Crippen molar-refractivity contribution >= 4 is 26.0 Å². The molecular weight excluding hydrogens is 360 g/mol. The molecule has 1 unspecified atom stereocenters. The van der Waals surface area contributed by atoms with Gasteiger partial charge in [0.15, 0.2) is 0 Å². The second-order valence-electron chi connectivity index (χ2n) is 3.86. The molecule has 20 heavy (non-hydrogen) atoms. The first-order chi connectivity index (χ1) is 9.31. The molecule has 0 aliphatic heterocycles. The molecule has 0 saturated carbocycles. The molecule has 0 heterocycles. The van der Waals surface area contributed by atoms with Gasteiger partial charge in [-0.2, -0.15) is 0 Å². The zero-order valence-electron chi connectivity index (χ0n) is 10.8. The fourth-order valence-electron chi connectivity index (χ4n) is 1.46. The van der Waals surface area contributed by atoms with Crippen molar-refractivity contribution in [3.05, 3.63) is 28.2 Å². The summed E-state index contributed by atoms with van der Waals surface area (Å²) in [4.78, 5) is -0.647. The van der Waals surface area contributed by atoms with Crippen LogP contribution in [0.2, 0.25) is 0 Å². The summed E-state index contributed by atoms with van der Waals surface area (Å²) in [6.45, 7) is 0.0714. The zero-order valence-corrected chi connectivity index (χ0v) is 13.2. The van der Waals surface area contributed by atoms with Crippen LogP contribution in [0.15, 0.2) is 21.5 Å². The van der Waals surface area contributed by atoms with Crippen molar-refractivity contribution in [2.75, 3.05) is 27.4 Å². The lowest BCUT2D eigenvalue weighted by molar-refractivity contribution is 0.0320. The molecule has 1 atom stereocenters. The average molecular weight is 374 g/mol. The first-order valence-electron chi connectivity index (χ1n) is 5.47. The van der Waals surface area contributed by atoms with Crippen molar-refractivity contribution in [3.63, 3.8) is 0 Å². The lowest BCUT2D eigenvalue weighted by Gasteiger charge is -2.16. The van der Waals surface area contributed by atoms with E-state index in [4.69, 9.17) is 9.47 Å². The van der Waals surface area contributed by atoms with Crippen molar-refractivity contribution in [1.82, 2.24) is 4.72 Å². The van der Waals surface area contributed by atoms with Gasteiger partial charge in [-0.1, -0.05) is 0 Å². The van der Waals surface area contributed by atoms with Crippen molar-refractivity contribution in [2.45, 2.75) is 11.0 Å². The number of sulfonamides is 1. The molecule has 9 heteroatoms. The second-order valence-corrected chi connectivity index (χ2v) is 6.42. The van der Waals surface area contributed by atoms with Crippen LogP contribution < -0.4 is 4.72 Å². The van der Waals surface area contributed by atoms with Gasteiger partial charge in [-0.15, -0.1) is 0 Å². The summed E-state index contributed by atoms with van der Waals surface area (Å²) >= 11 is 2.83. The highest BCUT2D eigenvalue weighted by molar-refractivity contribution is 9.10. The number of ether oxygens (including phenoxy) is 2. The van der Waals surface area contributed by atoms with Crippen LogP contribution in [-0.4, -0.2) is 41.9 Å². The fourth-order valence-corrected chi connectivity index (χ4v) is 3.69. The molecule has 0 aromatic heterocycles. The highest BCUT2D eigenvalue weighted by Crippen LogP contribution is 2.26. The first kappa shape index (κ1) is 17.4. The van der Waals surface area contributed by atoms with Crippen LogP contribution in [0.3, 0.4) is 0 Å². The van der Waals surface area contributed by atoms with Gasteiger partial charge < -0.3 is 9.47 Å². The van der Waals surface area contributed by atoms with E-state index in [1.807, 2.05) is 0 Å². The molecule has 1 N–H and O–H groups in total. The molecule has 1 rings (SSSR count). The van der Waals surface area contributed by atoms with E-state index in [9.17, 15) is 17.2 Å². The van der Waals surface area contributed by atoms with Crippen LogP contribution in [0, 0.1) is 11.6 Å². The summed E-state index contributed by atoms with van der Waals surface area (Å²) in [5, 5.41) is 0. The van der Waals surface area contributed by atoms with E-state index in [0.717, 1.165) is 6.07 Å². The number of halogens is 3. The van der Waals surface area contributed by atoms with E-state index >= 15 is 0 Å². The Morgan fingerprint density at radius 1 is 1.35 bits per heavy atom. The van der Waals surface area contributed by atoms with Crippen LogP contribution in [0.1, 0.15) is 0 Å². The zero-order chi connectivity index (χ0) is 15.3. The lowest BCUT2D eigenvalue weighted by atomic mass is 10.3. The van der Waals surface area contributed by atoms with Gasteiger partial charge in [0.1, 0.15) is 16.5 Å². The number of benzene rings is 1. The van der Waals surface area contributed by atoms with Gasteiger partial charge in [0.25, 0.3) is 0 Å². The van der Waals surface area contributed by atoms with E-state index in [2.05, 4.69) is 20.7 Å². The van der Waals surface area contributed by atoms with Gasteiger partial charge >= 0.3 is 0 Å². The second kappa shape index (κ2) is 7.41. The number of rotatable bonds is 7. The van der Waals surface area contributed by atoms with Crippen molar-refractivity contribution in [2.24, 2.45) is 0 Å². The number of nitrogens with one attached hydrogen (secondary N) is 1. The van der Waals surface area contributed by atoms with Crippen molar-refractivity contribution < 1.29 is 26.7 Å². The average Bonchev–Trinajstić information content (AvgIpc) is 2.32. The van der Waals surface area contributed by atoms with Gasteiger partial charge in [-0.25, -0.2) is 21.9 Å². The summed E-state index contributed by atoms with van der Waals surface area (Å²) in [6, 6.07) is 1.38. The maximum Gasteiger partial charge on any atom is 0.244 e. The summed E-state index contributed by atoms with van der Waals surface area (Å²) in [5.41, 5.74) is 0. The number of methoxy groups -OCH3 is 2. The van der Waals surface area contributed by atoms with Crippen LogP contribution in [0.25, 0.3) is 0 Å². The van der Waals surface area contributed by atoms with Gasteiger partial charge in [0.05, 0.1) is 12.7 Å². The van der Waals surface area contributed by atoms with Gasteiger partial charge in [-0.05, 0) is 22.0 Å². The molecule has 114 valence electrons. The Bertz CT molecular complexity index is 545. The molecule has 0 saturated heterocycles. The summed E-state index contributed by atoms with van der Waals surface area (Å²) in [7, 11) is -1.30. The number of hydrogen-bond donors (Lipinski definition) is 1. The van der Waals surface area contributed by atoms with E-state index in [1.165, 1.54) is 14.2 Å². The predicted molar refractivity (Wildman–Crippen MR) is 71.9 cm³/mol. The van der Waals surface area contributed by atoms with Gasteiger partial charge in [0, 0.05) is 31.3 Å². The minimum Gasteiger partial charge on any atom is -0.382 e. The summed E-state index contributed by atoms with van der Waals surface area (Å²) in [6.07, 6.45) is -0.517. The normalized spacial score (nSPS) is 13.4. The van der Waals surface area contributed by atoms with Crippen molar-refractivity contribution in [3.8, 4) is 0 Å². The van der Waals surface area contributed by atoms with E-state index < -0.39 is 32.7 Å². The highest BCUT2D eigenvalue weighted by Gasteiger charge is 2.24. The largest absolute Gasteiger partial charge is 0.382 e. The molecule has 1 aromatic rings. The minimum absolute atomic E-state index is 0.101. The van der Waals surface area contributed by atoms with E-state index in [1.54, 1.807) is 0 Å². The van der Waals surface area contributed by atoms with Crippen LogP contribution >= 0.6 is 15.9 Å². The Labute approximate surface area is 124 Å². The lowest BCUT2D eigenvalue weighted by Crippen LogP contribution is -2.36. The molecule has 0 fully saturated rings.